The maximum absolute atomic E-state index is 5.48. The Morgan fingerprint density at radius 1 is 1.22 bits per heavy atom. The maximum atomic E-state index is 5.48. The second-order valence-corrected chi connectivity index (χ2v) is 7.62. The van der Waals surface area contributed by atoms with Crippen LogP contribution in [0.3, 0.4) is 0 Å². The van der Waals surface area contributed by atoms with E-state index in [4.69, 9.17) is 4.52 Å². The van der Waals surface area contributed by atoms with E-state index in [0.29, 0.717) is 5.92 Å². The lowest BCUT2D eigenvalue weighted by atomic mass is 9.96. The van der Waals surface area contributed by atoms with Gasteiger partial charge in [0.2, 0.25) is 0 Å². The van der Waals surface area contributed by atoms with Crippen molar-refractivity contribution in [1.29, 1.82) is 0 Å². The van der Waals surface area contributed by atoms with E-state index < -0.39 is 0 Å². The summed E-state index contributed by atoms with van der Waals surface area (Å²) >= 11 is 0. The molecule has 0 bridgehead atoms. The van der Waals surface area contributed by atoms with E-state index in [1.807, 2.05) is 31.6 Å². The van der Waals surface area contributed by atoms with E-state index in [-0.39, 0.29) is 6.04 Å². The fraction of sp³-hybridized carbons (Fsp3) is 0.500. The second kappa shape index (κ2) is 7.60. The molecule has 7 nitrogen and oxygen atoms in total. The van der Waals surface area contributed by atoms with Crippen LogP contribution in [0, 0.1) is 6.92 Å². The topological polar surface area (TPSA) is 83.7 Å². The molecule has 0 spiro atoms. The highest BCUT2D eigenvalue weighted by Crippen LogP contribution is 2.36. The molecule has 4 rings (SSSR count). The summed E-state index contributed by atoms with van der Waals surface area (Å²) in [5.74, 6) is 2.01. The predicted molar refractivity (Wildman–Crippen MR) is 102 cm³/mol. The summed E-state index contributed by atoms with van der Waals surface area (Å²) in [4.78, 5) is 11.5. The highest BCUT2D eigenvalue weighted by Gasteiger charge is 2.29. The third-order valence-corrected chi connectivity index (χ3v) is 5.14. The van der Waals surface area contributed by atoms with Crippen molar-refractivity contribution < 1.29 is 4.52 Å². The van der Waals surface area contributed by atoms with Gasteiger partial charge in [-0.1, -0.05) is 25.4 Å². The van der Waals surface area contributed by atoms with Gasteiger partial charge in [0.1, 0.15) is 5.82 Å². The summed E-state index contributed by atoms with van der Waals surface area (Å²) in [6.07, 6.45) is 9.25. The van der Waals surface area contributed by atoms with E-state index in [9.17, 15) is 0 Å². The van der Waals surface area contributed by atoms with Gasteiger partial charge in [-0.15, -0.1) is 0 Å². The lowest BCUT2D eigenvalue weighted by molar-refractivity contribution is 0.137. The zero-order valence-electron chi connectivity index (χ0n) is 16.1. The van der Waals surface area contributed by atoms with Gasteiger partial charge < -0.3 is 4.52 Å². The average Bonchev–Trinajstić information content (AvgIpc) is 3.31. The number of piperidine rings is 1. The van der Waals surface area contributed by atoms with Gasteiger partial charge in [-0.05, 0) is 26.3 Å². The number of hydrogen-bond donors (Lipinski definition) is 1. The van der Waals surface area contributed by atoms with Crippen LogP contribution < -0.4 is 0 Å². The number of hydrogen-bond acceptors (Lipinski definition) is 6. The van der Waals surface area contributed by atoms with Crippen LogP contribution in [0.15, 0.2) is 29.2 Å². The van der Waals surface area contributed by atoms with Crippen molar-refractivity contribution >= 4 is 0 Å². The Morgan fingerprint density at radius 2 is 2.04 bits per heavy atom. The third kappa shape index (κ3) is 3.78. The Labute approximate surface area is 159 Å². The van der Waals surface area contributed by atoms with Crippen LogP contribution in [0.1, 0.15) is 67.8 Å². The van der Waals surface area contributed by atoms with Crippen LogP contribution in [-0.4, -0.2) is 36.8 Å². The molecule has 0 unspecified atom stereocenters. The highest BCUT2D eigenvalue weighted by atomic mass is 16.5. The summed E-state index contributed by atoms with van der Waals surface area (Å²) < 4.78 is 5.48. The van der Waals surface area contributed by atoms with Crippen LogP contribution in [0.2, 0.25) is 0 Å². The minimum absolute atomic E-state index is 0.270. The molecule has 4 heterocycles. The number of rotatable bonds is 5. The Kier molecular flexibility index (Phi) is 5.03. The van der Waals surface area contributed by atoms with E-state index in [2.05, 4.69) is 44.1 Å². The fourth-order valence-electron chi connectivity index (χ4n) is 3.72. The number of nitrogens with zero attached hydrogens (tertiary/aromatic N) is 5. The first-order valence-electron chi connectivity index (χ1n) is 9.63. The summed E-state index contributed by atoms with van der Waals surface area (Å²) in [5, 5.41) is 11.5. The lowest BCUT2D eigenvalue weighted by Crippen LogP contribution is -2.33. The van der Waals surface area contributed by atoms with Gasteiger partial charge >= 0.3 is 0 Å². The normalized spacial score (nSPS) is 18.3. The Hall–Kier alpha value is -2.54. The zero-order chi connectivity index (χ0) is 18.8. The number of aromatic nitrogens is 5. The molecule has 7 heteroatoms. The molecule has 1 saturated heterocycles. The molecule has 0 amide bonds. The van der Waals surface area contributed by atoms with Crippen LogP contribution in [-0.2, 0) is 6.54 Å². The standard InChI is InChI=1S/C20H26N6O/c1-13(2)20-21-9-15(10-22-20)12-26-7-5-4-6-17(26)19-16(11-23-24-19)18-8-14(3)25-27-18/h8-11,13,17H,4-7,12H2,1-3H3,(H,23,24)/t17-/m0/s1. The first-order valence-corrected chi connectivity index (χ1v) is 9.63. The second-order valence-electron chi connectivity index (χ2n) is 7.62. The average molecular weight is 366 g/mol. The first-order chi connectivity index (χ1) is 13.1. The van der Waals surface area contributed by atoms with Crippen LogP contribution in [0.5, 0.6) is 0 Å². The van der Waals surface area contributed by atoms with Crippen molar-refractivity contribution in [3.63, 3.8) is 0 Å². The fourth-order valence-corrected chi connectivity index (χ4v) is 3.72. The molecule has 142 valence electrons. The van der Waals surface area contributed by atoms with Crippen LogP contribution in [0.4, 0.5) is 0 Å². The SMILES string of the molecule is Cc1cc(-c2cn[nH]c2[C@@H]2CCCCN2Cc2cnc(C(C)C)nc2)on1. The van der Waals surface area contributed by atoms with Crippen molar-refractivity contribution in [3.8, 4) is 11.3 Å². The van der Waals surface area contributed by atoms with Crippen molar-refractivity contribution in [2.24, 2.45) is 0 Å². The van der Waals surface area contributed by atoms with E-state index in [0.717, 1.165) is 53.6 Å². The number of aromatic amines is 1. The van der Waals surface area contributed by atoms with Gasteiger partial charge in [0.25, 0.3) is 0 Å². The molecule has 1 aliphatic rings. The van der Waals surface area contributed by atoms with Gasteiger partial charge in [0, 0.05) is 36.5 Å². The summed E-state index contributed by atoms with van der Waals surface area (Å²) in [6, 6.07) is 2.23. The number of H-pyrrole nitrogens is 1. The Bertz CT molecular complexity index is 882. The highest BCUT2D eigenvalue weighted by molar-refractivity contribution is 5.60. The number of aryl methyl sites for hydroxylation is 1. The van der Waals surface area contributed by atoms with E-state index in [1.165, 1.54) is 12.8 Å². The van der Waals surface area contributed by atoms with Crippen LogP contribution in [0.25, 0.3) is 11.3 Å². The summed E-state index contributed by atoms with van der Waals surface area (Å²) in [5.41, 5.74) is 4.12. The quantitative estimate of drug-likeness (QED) is 0.734. The molecule has 0 aromatic carbocycles. The summed E-state index contributed by atoms with van der Waals surface area (Å²) in [7, 11) is 0. The molecule has 3 aromatic heterocycles. The minimum Gasteiger partial charge on any atom is -0.356 e. The third-order valence-electron chi connectivity index (χ3n) is 5.14. The van der Waals surface area contributed by atoms with Crippen molar-refractivity contribution in [2.75, 3.05) is 6.54 Å². The largest absolute Gasteiger partial charge is 0.356 e. The number of nitrogens with one attached hydrogen (secondary N) is 1. The van der Waals surface area contributed by atoms with Crippen LogP contribution >= 0.6 is 0 Å². The van der Waals surface area contributed by atoms with Crippen molar-refractivity contribution in [3.05, 3.63) is 47.4 Å². The van der Waals surface area contributed by atoms with E-state index >= 15 is 0 Å². The van der Waals surface area contributed by atoms with Gasteiger partial charge in [-0.3, -0.25) is 10.00 Å². The van der Waals surface area contributed by atoms with E-state index in [1.54, 1.807) is 0 Å². The van der Waals surface area contributed by atoms with Gasteiger partial charge in [0.15, 0.2) is 5.76 Å². The van der Waals surface area contributed by atoms with Crippen molar-refractivity contribution in [1.82, 2.24) is 30.2 Å². The molecule has 0 aliphatic carbocycles. The zero-order valence-corrected chi connectivity index (χ0v) is 16.1. The Morgan fingerprint density at radius 3 is 2.74 bits per heavy atom. The molecule has 1 aliphatic heterocycles. The molecular weight excluding hydrogens is 340 g/mol. The molecule has 1 atom stereocenters. The minimum atomic E-state index is 0.270. The monoisotopic (exact) mass is 366 g/mol. The molecule has 27 heavy (non-hydrogen) atoms. The van der Waals surface area contributed by atoms with Gasteiger partial charge in [-0.2, -0.15) is 5.10 Å². The molecule has 3 aromatic rings. The van der Waals surface area contributed by atoms with Gasteiger partial charge in [0.05, 0.1) is 29.2 Å². The lowest BCUT2D eigenvalue weighted by Gasteiger charge is -2.35. The first kappa shape index (κ1) is 17.9. The van der Waals surface area contributed by atoms with Crippen molar-refractivity contribution in [2.45, 2.75) is 58.5 Å². The molecular formula is C20H26N6O. The number of likely N-dealkylation sites (tertiary alicyclic amines) is 1. The van der Waals surface area contributed by atoms with Gasteiger partial charge in [-0.25, -0.2) is 9.97 Å². The molecule has 1 N–H and O–H groups in total. The smallest absolute Gasteiger partial charge is 0.170 e. The molecule has 1 fully saturated rings. The molecule has 0 radical (unpaired) electrons. The summed E-state index contributed by atoms with van der Waals surface area (Å²) in [6.45, 7) is 8.03. The predicted octanol–water partition coefficient (Wildman–Crippen LogP) is 4.01. The Balaban J connectivity index is 1.57. The maximum Gasteiger partial charge on any atom is 0.170 e. The molecule has 0 saturated carbocycles.